The van der Waals surface area contributed by atoms with Gasteiger partial charge in [-0.1, -0.05) is 30.3 Å². The summed E-state index contributed by atoms with van der Waals surface area (Å²) < 4.78 is 1.95. The minimum atomic E-state index is -0.184. The number of nitrogens with one attached hydrogen (secondary N) is 1. The van der Waals surface area contributed by atoms with E-state index >= 15 is 0 Å². The number of hydrogen-bond acceptors (Lipinski definition) is 3. The normalized spacial score (nSPS) is 18.0. The van der Waals surface area contributed by atoms with E-state index in [-0.39, 0.29) is 23.3 Å². The van der Waals surface area contributed by atoms with Crippen LogP contribution in [-0.2, 0) is 4.79 Å². The topological polar surface area (TPSA) is 74.2 Å². The van der Waals surface area contributed by atoms with Crippen LogP contribution in [0.4, 0.5) is 0 Å². The van der Waals surface area contributed by atoms with Crippen molar-refractivity contribution in [3.8, 4) is 11.3 Å². The van der Waals surface area contributed by atoms with E-state index in [4.69, 9.17) is 4.98 Å². The number of aromatic nitrogens is 3. The molecule has 2 aliphatic rings. The Hall–Kier alpha value is -3.87. The Morgan fingerprint density at radius 3 is 2.37 bits per heavy atom. The molecule has 7 heteroatoms. The van der Waals surface area contributed by atoms with E-state index in [1.54, 1.807) is 6.20 Å². The number of nitrogens with zero attached hydrogens (tertiary/aromatic N) is 4. The summed E-state index contributed by atoms with van der Waals surface area (Å²) in [5.41, 5.74) is 3.47. The molecule has 0 saturated carbocycles. The number of H-pyrrole nitrogens is 1. The third-order valence-electron chi connectivity index (χ3n) is 7.75. The molecule has 4 aromatic rings. The van der Waals surface area contributed by atoms with Crippen molar-refractivity contribution in [3.05, 3.63) is 78.8 Å². The van der Waals surface area contributed by atoms with Gasteiger partial charge in [0.2, 0.25) is 5.91 Å². The Kier molecular flexibility index (Phi) is 5.20. The first-order chi connectivity index (χ1) is 17.0. The number of rotatable bonds is 4. The van der Waals surface area contributed by atoms with Gasteiger partial charge in [0.15, 0.2) is 0 Å². The Morgan fingerprint density at radius 1 is 0.943 bits per heavy atom. The van der Waals surface area contributed by atoms with Crippen molar-refractivity contribution in [2.24, 2.45) is 5.41 Å². The summed E-state index contributed by atoms with van der Waals surface area (Å²) >= 11 is 0. The van der Waals surface area contributed by atoms with Crippen LogP contribution in [0.15, 0.2) is 73.2 Å². The van der Waals surface area contributed by atoms with Crippen molar-refractivity contribution in [1.29, 1.82) is 0 Å². The van der Waals surface area contributed by atoms with Gasteiger partial charge in [0, 0.05) is 61.1 Å². The number of hydrogen-bond donors (Lipinski definition) is 1. The molecular weight excluding hydrogens is 438 g/mol. The maximum atomic E-state index is 13.3. The van der Waals surface area contributed by atoms with Crippen LogP contribution in [0.2, 0.25) is 0 Å². The SMILES string of the molecule is CC(C(=O)N1CCC2(CC1)CN(C(=O)c1c[nH]c3nc(-c4ccccc4)ccc13)C2)n1cccc1. The van der Waals surface area contributed by atoms with Gasteiger partial charge in [0.25, 0.3) is 5.91 Å². The highest BCUT2D eigenvalue weighted by molar-refractivity contribution is 6.06. The summed E-state index contributed by atoms with van der Waals surface area (Å²) in [6, 6.07) is 17.7. The summed E-state index contributed by atoms with van der Waals surface area (Å²) in [7, 11) is 0. The first-order valence-corrected chi connectivity index (χ1v) is 12.3. The van der Waals surface area contributed by atoms with E-state index in [2.05, 4.69) is 4.98 Å². The minimum absolute atomic E-state index is 0.0517. The minimum Gasteiger partial charge on any atom is -0.345 e. The van der Waals surface area contributed by atoms with Crippen molar-refractivity contribution < 1.29 is 9.59 Å². The van der Waals surface area contributed by atoms with E-state index in [9.17, 15) is 9.59 Å². The first-order valence-electron chi connectivity index (χ1n) is 12.3. The van der Waals surface area contributed by atoms with Gasteiger partial charge in [0.05, 0.1) is 11.3 Å². The van der Waals surface area contributed by atoms with Gasteiger partial charge in [0.1, 0.15) is 11.7 Å². The van der Waals surface area contributed by atoms with Crippen molar-refractivity contribution >= 4 is 22.8 Å². The molecule has 2 fully saturated rings. The molecule has 0 bridgehead atoms. The zero-order valence-corrected chi connectivity index (χ0v) is 19.9. The lowest BCUT2D eigenvalue weighted by atomic mass is 9.71. The van der Waals surface area contributed by atoms with Crippen molar-refractivity contribution in [2.45, 2.75) is 25.8 Å². The summed E-state index contributed by atoms with van der Waals surface area (Å²) in [6.07, 6.45) is 7.54. The molecule has 0 aliphatic carbocycles. The molecule has 2 saturated heterocycles. The smallest absolute Gasteiger partial charge is 0.256 e. The maximum absolute atomic E-state index is 13.3. The Labute approximate surface area is 204 Å². The molecule has 35 heavy (non-hydrogen) atoms. The van der Waals surface area contributed by atoms with Crippen LogP contribution >= 0.6 is 0 Å². The first kappa shape index (κ1) is 21.6. The number of piperidine rings is 1. The van der Waals surface area contributed by atoms with Crippen LogP contribution in [-0.4, -0.2) is 62.3 Å². The number of fused-ring (bicyclic) bond motifs is 1. The lowest BCUT2D eigenvalue weighted by Crippen LogP contribution is -2.62. The maximum Gasteiger partial charge on any atom is 0.256 e. The number of amides is 2. The fourth-order valence-electron chi connectivity index (χ4n) is 5.54. The molecule has 1 spiro atoms. The monoisotopic (exact) mass is 467 g/mol. The zero-order valence-electron chi connectivity index (χ0n) is 19.9. The third-order valence-corrected chi connectivity index (χ3v) is 7.75. The molecule has 1 N–H and O–H groups in total. The van der Waals surface area contributed by atoms with Gasteiger partial charge in [-0.3, -0.25) is 9.59 Å². The van der Waals surface area contributed by atoms with Gasteiger partial charge >= 0.3 is 0 Å². The summed E-state index contributed by atoms with van der Waals surface area (Å²) in [6.45, 7) is 4.97. The lowest BCUT2D eigenvalue weighted by Gasteiger charge is -2.54. The number of pyridine rings is 1. The third kappa shape index (κ3) is 3.81. The second-order valence-electron chi connectivity index (χ2n) is 9.95. The second-order valence-corrected chi connectivity index (χ2v) is 9.95. The highest BCUT2D eigenvalue weighted by atomic mass is 16.2. The molecule has 2 aliphatic heterocycles. The molecular formula is C28H29N5O2. The van der Waals surface area contributed by atoms with E-state index in [1.807, 2.05) is 88.3 Å². The molecule has 1 aromatic carbocycles. The largest absolute Gasteiger partial charge is 0.345 e. The molecule has 1 unspecified atom stereocenters. The second kappa shape index (κ2) is 8.41. The molecule has 3 aromatic heterocycles. The molecule has 2 amide bonds. The lowest BCUT2D eigenvalue weighted by molar-refractivity contribution is -0.138. The van der Waals surface area contributed by atoms with Crippen LogP contribution in [0, 0.1) is 5.41 Å². The average Bonchev–Trinajstić information content (AvgIpc) is 3.57. The number of aromatic amines is 1. The van der Waals surface area contributed by atoms with Gasteiger partial charge in [-0.25, -0.2) is 4.98 Å². The molecule has 1 atom stereocenters. The predicted octanol–water partition coefficient (Wildman–Crippen LogP) is 4.36. The van der Waals surface area contributed by atoms with E-state index < -0.39 is 0 Å². The average molecular weight is 468 g/mol. The van der Waals surface area contributed by atoms with Crippen LogP contribution < -0.4 is 0 Å². The van der Waals surface area contributed by atoms with Crippen LogP contribution in [0.1, 0.15) is 36.2 Å². The van der Waals surface area contributed by atoms with Crippen molar-refractivity contribution in [2.75, 3.05) is 26.2 Å². The van der Waals surface area contributed by atoms with Gasteiger partial charge in [-0.15, -0.1) is 0 Å². The highest BCUT2D eigenvalue weighted by Gasteiger charge is 2.47. The number of carbonyl (C=O) groups is 2. The van der Waals surface area contributed by atoms with E-state index in [0.717, 1.165) is 61.3 Å². The summed E-state index contributed by atoms with van der Waals surface area (Å²) in [4.78, 5) is 38.0. The summed E-state index contributed by atoms with van der Waals surface area (Å²) in [5.74, 6) is 0.223. The van der Waals surface area contributed by atoms with Crippen LogP contribution in [0.3, 0.4) is 0 Å². The fourth-order valence-corrected chi connectivity index (χ4v) is 5.54. The molecule has 5 heterocycles. The fraction of sp³-hybridized carbons (Fsp3) is 0.321. The number of likely N-dealkylation sites (tertiary alicyclic amines) is 2. The van der Waals surface area contributed by atoms with Crippen molar-refractivity contribution in [3.63, 3.8) is 0 Å². The highest BCUT2D eigenvalue weighted by Crippen LogP contribution is 2.41. The Balaban J connectivity index is 1.09. The van der Waals surface area contributed by atoms with Crippen LogP contribution in [0.25, 0.3) is 22.3 Å². The quantitative estimate of drug-likeness (QED) is 0.485. The standard InChI is InChI=1S/C28H29N5O2/c1-20(31-13-5-6-14-31)26(34)32-15-11-28(12-16-32)18-33(19-28)27(35)23-17-29-25-22(23)9-10-24(30-25)21-7-3-2-4-8-21/h2-10,13-14,17,20H,11-12,15-16,18-19H2,1H3,(H,29,30). The van der Waals surface area contributed by atoms with E-state index in [1.165, 1.54) is 0 Å². The van der Waals surface area contributed by atoms with Crippen molar-refractivity contribution in [1.82, 2.24) is 24.3 Å². The van der Waals surface area contributed by atoms with Gasteiger partial charge in [-0.05, 0) is 44.0 Å². The number of benzene rings is 1. The Morgan fingerprint density at radius 2 is 1.66 bits per heavy atom. The molecule has 0 radical (unpaired) electrons. The Bertz CT molecular complexity index is 1360. The van der Waals surface area contributed by atoms with Gasteiger partial charge in [-0.2, -0.15) is 0 Å². The zero-order chi connectivity index (χ0) is 24.0. The molecule has 178 valence electrons. The summed E-state index contributed by atoms with van der Waals surface area (Å²) in [5, 5.41) is 0.857. The predicted molar refractivity (Wildman–Crippen MR) is 135 cm³/mol. The van der Waals surface area contributed by atoms with Crippen LogP contribution in [0.5, 0.6) is 0 Å². The van der Waals surface area contributed by atoms with Gasteiger partial charge < -0.3 is 19.4 Å². The molecule has 7 nitrogen and oxygen atoms in total. The number of carbonyl (C=O) groups excluding carboxylic acids is 2. The molecule has 6 rings (SSSR count). The van der Waals surface area contributed by atoms with E-state index in [0.29, 0.717) is 5.56 Å².